The Morgan fingerprint density at radius 3 is 2.53 bits per heavy atom. The first kappa shape index (κ1) is 12.0. The largest absolute Gasteiger partial charge is 0.396 e. The van der Waals surface area contributed by atoms with E-state index in [-0.39, 0.29) is 18.3 Å². The van der Waals surface area contributed by atoms with Crippen molar-refractivity contribution in [2.75, 3.05) is 6.61 Å². The standard InChI is InChI=1S/C11H20N2O2/c1-10(2)13-8-7-12(11(13)15)6-4-3-5-9-14/h7-8,10,14H,3-6,9H2,1-2H3. The molecule has 0 amide bonds. The molecule has 0 saturated heterocycles. The minimum Gasteiger partial charge on any atom is -0.396 e. The van der Waals surface area contributed by atoms with Crippen LogP contribution in [-0.4, -0.2) is 20.8 Å². The van der Waals surface area contributed by atoms with Gasteiger partial charge in [-0.05, 0) is 33.1 Å². The van der Waals surface area contributed by atoms with Gasteiger partial charge in [0.25, 0.3) is 0 Å². The summed E-state index contributed by atoms with van der Waals surface area (Å²) in [5.41, 5.74) is 0.0639. The molecule has 1 rings (SSSR count). The zero-order valence-corrected chi connectivity index (χ0v) is 9.52. The van der Waals surface area contributed by atoms with Gasteiger partial charge in [-0.15, -0.1) is 0 Å². The van der Waals surface area contributed by atoms with Gasteiger partial charge in [0.15, 0.2) is 0 Å². The van der Waals surface area contributed by atoms with Gasteiger partial charge in [0.05, 0.1) is 0 Å². The molecule has 0 saturated carbocycles. The molecule has 0 fully saturated rings. The molecule has 1 N–H and O–H groups in total. The fourth-order valence-electron chi connectivity index (χ4n) is 1.56. The lowest BCUT2D eigenvalue weighted by Gasteiger charge is -2.04. The number of nitrogens with zero attached hydrogens (tertiary/aromatic N) is 2. The molecule has 0 aliphatic rings. The number of aliphatic hydroxyl groups is 1. The highest BCUT2D eigenvalue weighted by Gasteiger charge is 2.04. The van der Waals surface area contributed by atoms with E-state index in [1.54, 1.807) is 9.13 Å². The van der Waals surface area contributed by atoms with Crippen molar-refractivity contribution in [3.63, 3.8) is 0 Å². The Morgan fingerprint density at radius 1 is 1.27 bits per heavy atom. The molecule has 0 aliphatic carbocycles. The van der Waals surface area contributed by atoms with E-state index in [9.17, 15) is 4.79 Å². The van der Waals surface area contributed by atoms with E-state index in [2.05, 4.69) is 0 Å². The smallest absolute Gasteiger partial charge is 0.328 e. The molecule has 0 aromatic carbocycles. The maximum absolute atomic E-state index is 11.8. The average molecular weight is 212 g/mol. The van der Waals surface area contributed by atoms with E-state index < -0.39 is 0 Å². The summed E-state index contributed by atoms with van der Waals surface area (Å²) in [6, 6.07) is 0.219. The molecule has 4 heteroatoms. The Morgan fingerprint density at radius 2 is 2.00 bits per heavy atom. The molecule has 0 radical (unpaired) electrons. The predicted molar refractivity (Wildman–Crippen MR) is 60.0 cm³/mol. The summed E-state index contributed by atoms with van der Waals surface area (Å²) in [6.45, 7) is 4.98. The Bertz CT molecular complexity index is 339. The summed E-state index contributed by atoms with van der Waals surface area (Å²) in [7, 11) is 0. The van der Waals surface area contributed by atoms with E-state index in [0.29, 0.717) is 0 Å². The van der Waals surface area contributed by atoms with Crippen LogP contribution in [0.4, 0.5) is 0 Å². The average Bonchev–Trinajstić information content (AvgIpc) is 2.55. The van der Waals surface area contributed by atoms with Crippen LogP contribution >= 0.6 is 0 Å². The van der Waals surface area contributed by atoms with Gasteiger partial charge in [-0.1, -0.05) is 0 Å². The second-order valence-corrected chi connectivity index (χ2v) is 4.06. The number of unbranched alkanes of at least 4 members (excludes halogenated alkanes) is 2. The number of hydrogen-bond acceptors (Lipinski definition) is 2. The zero-order chi connectivity index (χ0) is 11.3. The third-order valence-corrected chi connectivity index (χ3v) is 2.49. The summed E-state index contributed by atoms with van der Waals surface area (Å²) in [6.07, 6.45) is 6.40. The van der Waals surface area contributed by atoms with Crippen LogP contribution in [0.5, 0.6) is 0 Å². The molecule has 0 atom stereocenters. The first-order valence-electron chi connectivity index (χ1n) is 5.55. The lowest BCUT2D eigenvalue weighted by atomic mass is 10.2. The normalized spacial score (nSPS) is 11.2. The van der Waals surface area contributed by atoms with E-state index in [1.165, 1.54) is 0 Å². The van der Waals surface area contributed by atoms with Gasteiger partial charge in [0, 0.05) is 31.6 Å². The van der Waals surface area contributed by atoms with E-state index in [0.717, 1.165) is 25.8 Å². The van der Waals surface area contributed by atoms with Crippen LogP contribution in [-0.2, 0) is 6.54 Å². The van der Waals surface area contributed by atoms with Gasteiger partial charge in [0.1, 0.15) is 0 Å². The quantitative estimate of drug-likeness (QED) is 0.724. The van der Waals surface area contributed by atoms with Crippen LogP contribution in [0.1, 0.15) is 39.2 Å². The van der Waals surface area contributed by atoms with Gasteiger partial charge >= 0.3 is 5.69 Å². The van der Waals surface area contributed by atoms with Crippen molar-refractivity contribution in [3.05, 3.63) is 22.9 Å². The fourth-order valence-corrected chi connectivity index (χ4v) is 1.56. The molecule has 0 aliphatic heterocycles. The third-order valence-electron chi connectivity index (χ3n) is 2.49. The molecule has 0 bridgehead atoms. The molecule has 0 unspecified atom stereocenters. The van der Waals surface area contributed by atoms with Gasteiger partial charge in [0.2, 0.25) is 0 Å². The molecule has 1 aromatic rings. The number of aromatic nitrogens is 2. The Labute approximate surface area is 90.2 Å². The maximum atomic E-state index is 11.8. The number of aliphatic hydroxyl groups excluding tert-OH is 1. The molecule has 4 nitrogen and oxygen atoms in total. The van der Waals surface area contributed by atoms with Crippen LogP contribution in [0.15, 0.2) is 17.2 Å². The lowest BCUT2D eigenvalue weighted by Crippen LogP contribution is -2.25. The Hall–Kier alpha value is -1.03. The summed E-state index contributed by atoms with van der Waals surface area (Å²) >= 11 is 0. The van der Waals surface area contributed by atoms with Crippen molar-refractivity contribution >= 4 is 0 Å². The van der Waals surface area contributed by atoms with Gasteiger partial charge < -0.3 is 5.11 Å². The van der Waals surface area contributed by atoms with Crippen molar-refractivity contribution in [1.82, 2.24) is 9.13 Å². The Balaban J connectivity index is 2.52. The maximum Gasteiger partial charge on any atom is 0.328 e. The minimum absolute atomic E-state index is 0.0639. The number of rotatable bonds is 6. The van der Waals surface area contributed by atoms with Crippen LogP contribution in [0.2, 0.25) is 0 Å². The van der Waals surface area contributed by atoms with Crippen molar-refractivity contribution in [2.24, 2.45) is 0 Å². The fraction of sp³-hybridized carbons (Fsp3) is 0.727. The van der Waals surface area contributed by atoms with Gasteiger partial charge in [-0.25, -0.2) is 4.79 Å². The summed E-state index contributed by atoms with van der Waals surface area (Å²) < 4.78 is 3.46. The second-order valence-electron chi connectivity index (χ2n) is 4.06. The molecule has 15 heavy (non-hydrogen) atoms. The predicted octanol–water partition coefficient (Wildman–Crippen LogP) is 1.39. The van der Waals surface area contributed by atoms with Crippen LogP contribution in [0.25, 0.3) is 0 Å². The first-order valence-corrected chi connectivity index (χ1v) is 5.55. The number of imidazole rings is 1. The van der Waals surface area contributed by atoms with E-state index in [4.69, 9.17) is 5.11 Å². The summed E-state index contributed by atoms with van der Waals surface area (Å²) in [4.78, 5) is 11.8. The number of aryl methyl sites for hydroxylation is 1. The lowest BCUT2D eigenvalue weighted by molar-refractivity contribution is 0.281. The molecular formula is C11H20N2O2. The van der Waals surface area contributed by atoms with Crippen molar-refractivity contribution in [1.29, 1.82) is 0 Å². The highest BCUT2D eigenvalue weighted by molar-refractivity contribution is 4.83. The molecule has 1 heterocycles. The molecule has 1 aromatic heterocycles. The molecule has 0 spiro atoms. The van der Waals surface area contributed by atoms with Crippen molar-refractivity contribution in [2.45, 2.75) is 45.7 Å². The summed E-state index contributed by atoms with van der Waals surface area (Å²) in [5.74, 6) is 0. The second kappa shape index (κ2) is 5.75. The SMILES string of the molecule is CC(C)n1ccn(CCCCCO)c1=O. The number of hydrogen-bond donors (Lipinski definition) is 1. The monoisotopic (exact) mass is 212 g/mol. The van der Waals surface area contributed by atoms with Crippen LogP contribution in [0.3, 0.4) is 0 Å². The highest BCUT2D eigenvalue weighted by Crippen LogP contribution is 2.01. The van der Waals surface area contributed by atoms with Gasteiger partial charge in [-0.3, -0.25) is 9.13 Å². The van der Waals surface area contributed by atoms with Gasteiger partial charge in [-0.2, -0.15) is 0 Å². The van der Waals surface area contributed by atoms with E-state index in [1.807, 2.05) is 26.2 Å². The topological polar surface area (TPSA) is 47.2 Å². The first-order chi connectivity index (χ1) is 7.16. The van der Waals surface area contributed by atoms with Crippen LogP contribution in [0, 0.1) is 0 Å². The highest BCUT2D eigenvalue weighted by atomic mass is 16.2. The van der Waals surface area contributed by atoms with E-state index >= 15 is 0 Å². The van der Waals surface area contributed by atoms with Crippen molar-refractivity contribution in [3.8, 4) is 0 Å². The Kier molecular flexibility index (Phi) is 4.62. The molecular weight excluding hydrogens is 192 g/mol. The van der Waals surface area contributed by atoms with Crippen molar-refractivity contribution < 1.29 is 5.11 Å². The van der Waals surface area contributed by atoms with Crippen LogP contribution < -0.4 is 5.69 Å². The zero-order valence-electron chi connectivity index (χ0n) is 9.52. The third kappa shape index (κ3) is 3.23. The minimum atomic E-state index is 0.0639. The molecule has 86 valence electrons. The summed E-state index contributed by atoms with van der Waals surface area (Å²) in [5, 5.41) is 8.62.